The number of Topliss-reactive ketones (excluding diaryl/α,β-unsaturated/α-hetero) is 1. The molecule has 27 heavy (non-hydrogen) atoms. The van der Waals surface area contributed by atoms with Crippen molar-refractivity contribution < 1.29 is 19.1 Å². The molecule has 1 heterocycles. The first-order valence-electron chi connectivity index (χ1n) is 8.16. The summed E-state index contributed by atoms with van der Waals surface area (Å²) in [5.41, 5.74) is 0.965. The maximum Gasteiger partial charge on any atom is 0.350 e. The summed E-state index contributed by atoms with van der Waals surface area (Å²) in [5.74, 6) is -1.16. The summed E-state index contributed by atoms with van der Waals surface area (Å²) in [6.45, 7) is 2.92. The van der Waals surface area contributed by atoms with Crippen molar-refractivity contribution >= 4 is 56.4 Å². The minimum Gasteiger partial charge on any atom is -0.450 e. The number of halogens is 1. The standard InChI is InChI=1S/C20H16ClNO4S/c1-11(18(24)13-7-9-14(10-8-13)22-12(2)23)26-20(25)19-17(21)15-5-3-4-6-16(15)27-19/h3-11H,1-2H3,(H,22,23). The number of nitrogens with one attached hydrogen (secondary N) is 1. The zero-order chi connectivity index (χ0) is 19.6. The summed E-state index contributed by atoms with van der Waals surface area (Å²) < 4.78 is 6.20. The smallest absolute Gasteiger partial charge is 0.350 e. The first kappa shape index (κ1) is 19.1. The zero-order valence-corrected chi connectivity index (χ0v) is 16.2. The Bertz CT molecular complexity index is 1030. The van der Waals surface area contributed by atoms with Gasteiger partial charge in [-0.05, 0) is 37.3 Å². The number of carbonyl (C=O) groups excluding carboxylic acids is 3. The second kappa shape index (κ2) is 7.90. The van der Waals surface area contributed by atoms with Crippen molar-refractivity contribution in [1.82, 2.24) is 0 Å². The molecule has 3 aromatic rings. The molecule has 0 aliphatic carbocycles. The second-order valence-electron chi connectivity index (χ2n) is 5.91. The first-order chi connectivity index (χ1) is 12.9. The highest BCUT2D eigenvalue weighted by Gasteiger charge is 2.24. The molecule has 1 amide bonds. The Kier molecular flexibility index (Phi) is 5.58. The minimum atomic E-state index is -0.967. The fraction of sp³-hybridized carbons (Fsp3) is 0.150. The number of rotatable bonds is 5. The van der Waals surface area contributed by atoms with Gasteiger partial charge in [0.1, 0.15) is 4.88 Å². The lowest BCUT2D eigenvalue weighted by Gasteiger charge is -2.12. The van der Waals surface area contributed by atoms with Crippen LogP contribution in [0.25, 0.3) is 10.1 Å². The summed E-state index contributed by atoms with van der Waals surface area (Å²) >= 11 is 7.51. The van der Waals surface area contributed by atoms with E-state index in [0.29, 0.717) is 16.3 Å². The number of anilines is 1. The lowest BCUT2D eigenvalue weighted by molar-refractivity contribution is -0.114. The molecule has 2 aromatic carbocycles. The van der Waals surface area contributed by atoms with Crippen molar-refractivity contribution in [2.75, 3.05) is 5.32 Å². The van der Waals surface area contributed by atoms with Crippen molar-refractivity contribution in [2.24, 2.45) is 0 Å². The molecule has 0 bridgehead atoms. The Morgan fingerprint density at radius 1 is 1.07 bits per heavy atom. The monoisotopic (exact) mass is 401 g/mol. The van der Waals surface area contributed by atoms with Crippen molar-refractivity contribution in [3.8, 4) is 0 Å². The second-order valence-corrected chi connectivity index (χ2v) is 7.34. The van der Waals surface area contributed by atoms with E-state index in [4.69, 9.17) is 16.3 Å². The molecule has 1 unspecified atom stereocenters. The fourth-order valence-corrected chi connectivity index (χ4v) is 3.96. The molecule has 0 saturated carbocycles. The number of hydrogen-bond acceptors (Lipinski definition) is 5. The van der Waals surface area contributed by atoms with Gasteiger partial charge in [0.15, 0.2) is 6.10 Å². The Morgan fingerprint density at radius 3 is 2.37 bits per heavy atom. The van der Waals surface area contributed by atoms with Gasteiger partial charge in [0.2, 0.25) is 11.7 Å². The molecule has 3 rings (SSSR count). The third kappa shape index (κ3) is 4.18. The molecule has 1 atom stereocenters. The third-order valence-corrected chi connectivity index (χ3v) is 5.52. The van der Waals surface area contributed by atoms with E-state index in [-0.39, 0.29) is 16.6 Å². The Morgan fingerprint density at radius 2 is 1.74 bits per heavy atom. The summed E-state index contributed by atoms with van der Waals surface area (Å²) in [5, 5.41) is 3.74. The van der Waals surface area contributed by atoms with Crippen LogP contribution in [0.5, 0.6) is 0 Å². The first-order valence-corrected chi connectivity index (χ1v) is 9.36. The number of ether oxygens (including phenoxy) is 1. The van der Waals surface area contributed by atoms with Gasteiger partial charge >= 0.3 is 5.97 Å². The molecule has 138 valence electrons. The Hall–Kier alpha value is -2.70. The van der Waals surface area contributed by atoms with E-state index < -0.39 is 12.1 Å². The van der Waals surface area contributed by atoms with Gasteiger partial charge in [-0.1, -0.05) is 29.8 Å². The maximum atomic E-state index is 12.5. The molecule has 5 nitrogen and oxygen atoms in total. The van der Waals surface area contributed by atoms with Gasteiger partial charge in [-0.2, -0.15) is 0 Å². The number of fused-ring (bicyclic) bond motifs is 1. The highest BCUT2D eigenvalue weighted by molar-refractivity contribution is 7.21. The number of carbonyl (C=O) groups is 3. The normalized spacial score (nSPS) is 11.8. The van der Waals surface area contributed by atoms with Crippen molar-refractivity contribution in [3.05, 3.63) is 64.0 Å². The summed E-state index contributed by atoms with van der Waals surface area (Å²) in [6.07, 6.45) is -0.967. The van der Waals surface area contributed by atoms with Crippen LogP contribution >= 0.6 is 22.9 Å². The van der Waals surface area contributed by atoms with Crippen LogP contribution in [0.2, 0.25) is 5.02 Å². The molecule has 0 aliphatic rings. The van der Waals surface area contributed by atoms with Crippen LogP contribution in [0, 0.1) is 0 Å². The van der Waals surface area contributed by atoms with Gasteiger partial charge in [0.05, 0.1) is 5.02 Å². The zero-order valence-electron chi connectivity index (χ0n) is 14.6. The van der Waals surface area contributed by atoms with E-state index in [9.17, 15) is 14.4 Å². The Balaban J connectivity index is 1.72. The van der Waals surface area contributed by atoms with Crippen molar-refractivity contribution in [3.63, 3.8) is 0 Å². The molecular weight excluding hydrogens is 386 g/mol. The molecule has 0 saturated heterocycles. The number of hydrogen-bond donors (Lipinski definition) is 1. The van der Waals surface area contributed by atoms with Crippen LogP contribution in [0.1, 0.15) is 33.9 Å². The van der Waals surface area contributed by atoms with Crippen molar-refractivity contribution in [1.29, 1.82) is 0 Å². The van der Waals surface area contributed by atoms with E-state index in [1.165, 1.54) is 25.2 Å². The lowest BCUT2D eigenvalue weighted by atomic mass is 10.1. The molecule has 0 aliphatic heterocycles. The van der Waals surface area contributed by atoms with Gasteiger partial charge in [-0.3, -0.25) is 9.59 Å². The summed E-state index contributed by atoms with van der Waals surface area (Å²) in [6, 6.07) is 13.8. The molecule has 7 heteroatoms. The molecule has 0 radical (unpaired) electrons. The van der Waals surface area contributed by atoms with E-state index in [1.54, 1.807) is 24.3 Å². The van der Waals surface area contributed by atoms with Crippen LogP contribution in [-0.4, -0.2) is 23.8 Å². The quantitative estimate of drug-likeness (QED) is 0.485. The number of benzene rings is 2. The highest BCUT2D eigenvalue weighted by Crippen LogP contribution is 2.35. The maximum absolute atomic E-state index is 12.5. The van der Waals surface area contributed by atoms with E-state index in [1.807, 2.05) is 24.3 Å². The highest BCUT2D eigenvalue weighted by atomic mass is 35.5. The number of thiophene rings is 1. The molecule has 0 fully saturated rings. The van der Waals surface area contributed by atoms with E-state index in [0.717, 1.165) is 10.1 Å². The molecule has 1 N–H and O–H groups in total. The van der Waals surface area contributed by atoms with Crippen molar-refractivity contribution in [2.45, 2.75) is 20.0 Å². The average molecular weight is 402 g/mol. The molecular formula is C20H16ClNO4S. The van der Waals surface area contributed by atoms with Gasteiger partial charge < -0.3 is 10.1 Å². The van der Waals surface area contributed by atoms with Crippen LogP contribution < -0.4 is 5.32 Å². The van der Waals surface area contributed by atoms with Crippen LogP contribution in [0.15, 0.2) is 48.5 Å². The van der Waals surface area contributed by atoms with Crippen LogP contribution in [0.4, 0.5) is 5.69 Å². The number of esters is 1. The third-order valence-electron chi connectivity index (χ3n) is 3.86. The van der Waals surface area contributed by atoms with Gasteiger partial charge in [-0.15, -0.1) is 11.3 Å². The molecule has 1 aromatic heterocycles. The topological polar surface area (TPSA) is 72.5 Å². The van der Waals surface area contributed by atoms with E-state index in [2.05, 4.69) is 5.32 Å². The average Bonchev–Trinajstić information content (AvgIpc) is 2.98. The number of amides is 1. The fourth-order valence-electron chi connectivity index (χ4n) is 2.57. The predicted molar refractivity (Wildman–Crippen MR) is 107 cm³/mol. The van der Waals surface area contributed by atoms with Crippen LogP contribution in [-0.2, 0) is 9.53 Å². The SMILES string of the molecule is CC(=O)Nc1ccc(C(=O)C(C)OC(=O)c2sc3ccccc3c2Cl)cc1. The van der Waals surface area contributed by atoms with Gasteiger partial charge in [0, 0.05) is 28.3 Å². The minimum absolute atomic E-state index is 0.198. The summed E-state index contributed by atoms with van der Waals surface area (Å²) in [4.78, 5) is 36.3. The van der Waals surface area contributed by atoms with Crippen LogP contribution in [0.3, 0.4) is 0 Å². The summed E-state index contributed by atoms with van der Waals surface area (Å²) in [7, 11) is 0. The largest absolute Gasteiger partial charge is 0.450 e. The number of ketones is 1. The lowest BCUT2D eigenvalue weighted by Crippen LogP contribution is -2.24. The predicted octanol–water partition coefficient (Wildman–Crippen LogP) is 4.94. The van der Waals surface area contributed by atoms with Gasteiger partial charge in [-0.25, -0.2) is 4.79 Å². The molecule has 0 spiro atoms. The van der Waals surface area contributed by atoms with E-state index >= 15 is 0 Å². The van der Waals surface area contributed by atoms with Gasteiger partial charge in [0.25, 0.3) is 0 Å². The Labute approximate surface area is 164 Å².